The number of sulfone groups is 1. The monoisotopic (exact) mass is 403 g/mol. The fraction of sp³-hybridized carbons (Fsp3) is 0.211. The first-order valence-corrected chi connectivity index (χ1v) is 10.2. The highest BCUT2D eigenvalue weighted by Crippen LogP contribution is 2.20. The van der Waals surface area contributed by atoms with E-state index < -0.39 is 21.6 Å². The van der Waals surface area contributed by atoms with Crippen molar-refractivity contribution in [3.05, 3.63) is 59.9 Å². The fourth-order valence-corrected chi connectivity index (χ4v) is 3.76. The van der Waals surface area contributed by atoms with Crippen LogP contribution in [0, 0.1) is 12.7 Å². The SMILES string of the molecule is Cc1ccc(-c2nnc(NC(=O)CCCS(=O)(=O)c3ccc(F)cc3)o2)cc1. The van der Waals surface area contributed by atoms with Crippen LogP contribution in [0.3, 0.4) is 0 Å². The predicted molar refractivity (Wildman–Crippen MR) is 101 cm³/mol. The molecule has 0 saturated carbocycles. The van der Waals surface area contributed by atoms with E-state index >= 15 is 0 Å². The van der Waals surface area contributed by atoms with Gasteiger partial charge >= 0.3 is 6.01 Å². The van der Waals surface area contributed by atoms with Gasteiger partial charge in [0.2, 0.25) is 11.8 Å². The standard InChI is InChI=1S/C19H18FN3O4S/c1-13-4-6-14(7-5-13)18-22-23-19(27-18)21-17(24)3-2-12-28(25,26)16-10-8-15(20)9-11-16/h4-11H,2-3,12H2,1H3,(H,21,23,24). The zero-order chi connectivity index (χ0) is 20.1. The first-order chi connectivity index (χ1) is 13.3. The summed E-state index contributed by atoms with van der Waals surface area (Å²) < 4.78 is 42.6. The minimum absolute atomic E-state index is 0.0222. The van der Waals surface area contributed by atoms with E-state index in [0.29, 0.717) is 0 Å². The molecule has 0 fully saturated rings. The lowest BCUT2D eigenvalue weighted by Gasteiger charge is -2.04. The van der Waals surface area contributed by atoms with Crippen LogP contribution in [-0.2, 0) is 14.6 Å². The van der Waals surface area contributed by atoms with Crippen LogP contribution in [0.2, 0.25) is 0 Å². The van der Waals surface area contributed by atoms with Crippen molar-refractivity contribution in [1.29, 1.82) is 0 Å². The van der Waals surface area contributed by atoms with Gasteiger partial charge in [0.25, 0.3) is 0 Å². The highest BCUT2D eigenvalue weighted by atomic mass is 32.2. The number of rotatable bonds is 7. The summed E-state index contributed by atoms with van der Waals surface area (Å²) in [5, 5.41) is 10.1. The largest absolute Gasteiger partial charge is 0.403 e. The zero-order valence-electron chi connectivity index (χ0n) is 15.1. The van der Waals surface area contributed by atoms with Crippen molar-refractivity contribution in [3.63, 3.8) is 0 Å². The number of carbonyl (C=O) groups excluding carboxylic acids is 1. The molecule has 0 aliphatic carbocycles. The summed E-state index contributed by atoms with van der Waals surface area (Å²) in [5.41, 5.74) is 1.82. The van der Waals surface area contributed by atoms with E-state index in [1.54, 1.807) is 0 Å². The first-order valence-electron chi connectivity index (χ1n) is 8.52. The van der Waals surface area contributed by atoms with E-state index in [9.17, 15) is 17.6 Å². The number of amides is 1. The van der Waals surface area contributed by atoms with Crippen molar-refractivity contribution in [2.45, 2.75) is 24.7 Å². The average Bonchev–Trinajstić information content (AvgIpc) is 3.11. The highest BCUT2D eigenvalue weighted by molar-refractivity contribution is 7.91. The molecule has 0 unspecified atom stereocenters. The molecule has 28 heavy (non-hydrogen) atoms. The Balaban J connectivity index is 1.52. The molecule has 0 spiro atoms. The summed E-state index contributed by atoms with van der Waals surface area (Å²) >= 11 is 0. The number of aromatic nitrogens is 2. The van der Waals surface area contributed by atoms with Gasteiger partial charge in [-0.25, -0.2) is 12.8 Å². The third kappa shape index (κ3) is 5.01. The maximum absolute atomic E-state index is 12.9. The Labute approximate surface area is 161 Å². The van der Waals surface area contributed by atoms with Gasteiger partial charge in [-0.15, -0.1) is 5.10 Å². The molecule has 1 amide bonds. The zero-order valence-corrected chi connectivity index (χ0v) is 15.9. The third-order valence-electron chi connectivity index (χ3n) is 3.96. The Morgan fingerprint density at radius 2 is 1.75 bits per heavy atom. The topological polar surface area (TPSA) is 102 Å². The molecule has 1 heterocycles. The Kier molecular flexibility index (Phi) is 5.84. The Morgan fingerprint density at radius 1 is 1.07 bits per heavy atom. The van der Waals surface area contributed by atoms with Gasteiger partial charge in [-0.2, -0.15) is 0 Å². The maximum atomic E-state index is 12.9. The number of nitrogens with zero attached hydrogens (tertiary/aromatic N) is 2. The van der Waals surface area contributed by atoms with Gasteiger partial charge in [0, 0.05) is 12.0 Å². The number of anilines is 1. The van der Waals surface area contributed by atoms with Gasteiger partial charge in [0.1, 0.15) is 5.82 Å². The molecular weight excluding hydrogens is 385 g/mol. The molecule has 3 rings (SSSR count). The van der Waals surface area contributed by atoms with Crippen LogP contribution < -0.4 is 5.32 Å². The van der Waals surface area contributed by atoms with E-state index in [0.717, 1.165) is 23.3 Å². The molecule has 0 bridgehead atoms. The van der Waals surface area contributed by atoms with Crippen LogP contribution in [0.5, 0.6) is 0 Å². The summed E-state index contributed by atoms with van der Waals surface area (Å²) in [6.45, 7) is 1.96. The summed E-state index contributed by atoms with van der Waals surface area (Å²) in [7, 11) is -3.58. The van der Waals surface area contributed by atoms with Crippen molar-refractivity contribution in [1.82, 2.24) is 10.2 Å². The lowest BCUT2D eigenvalue weighted by Crippen LogP contribution is -2.14. The van der Waals surface area contributed by atoms with Crippen LogP contribution in [0.15, 0.2) is 57.8 Å². The van der Waals surface area contributed by atoms with Crippen molar-refractivity contribution in [2.75, 3.05) is 11.1 Å². The molecule has 0 aliphatic heterocycles. The second-order valence-corrected chi connectivity index (χ2v) is 8.31. The number of nitrogens with one attached hydrogen (secondary N) is 1. The molecule has 0 radical (unpaired) electrons. The van der Waals surface area contributed by atoms with Crippen LogP contribution >= 0.6 is 0 Å². The number of hydrogen-bond acceptors (Lipinski definition) is 6. The van der Waals surface area contributed by atoms with Crippen LogP contribution in [0.25, 0.3) is 11.5 Å². The number of carbonyl (C=O) groups is 1. The third-order valence-corrected chi connectivity index (χ3v) is 5.78. The van der Waals surface area contributed by atoms with Crippen molar-refractivity contribution in [2.24, 2.45) is 0 Å². The normalized spacial score (nSPS) is 11.4. The Bertz CT molecular complexity index is 1060. The van der Waals surface area contributed by atoms with Gasteiger partial charge < -0.3 is 4.42 Å². The number of halogens is 1. The first kappa shape index (κ1) is 19.7. The summed E-state index contributed by atoms with van der Waals surface area (Å²) in [6, 6.07) is 12.0. The van der Waals surface area contributed by atoms with E-state index in [1.165, 1.54) is 12.1 Å². The number of hydrogen-bond donors (Lipinski definition) is 1. The van der Waals surface area contributed by atoms with E-state index in [2.05, 4.69) is 15.5 Å². The van der Waals surface area contributed by atoms with E-state index in [-0.39, 0.29) is 35.4 Å². The van der Waals surface area contributed by atoms with Crippen molar-refractivity contribution >= 4 is 21.8 Å². The molecule has 1 N–H and O–H groups in total. The second-order valence-electron chi connectivity index (χ2n) is 6.20. The van der Waals surface area contributed by atoms with Crippen LogP contribution in [-0.4, -0.2) is 30.3 Å². The number of benzene rings is 2. The van der Waals surface area contributed by atoms with Gasteiger partial charge in [-0.1, -0.05) is 22.8 Å². The van der Waals surface area contributed by atoms with Gasteiger partial charge in [-0.05, 0) is 49.7 Å². The smallest absolute Gasteiger partial charge is 0.322 e. The minimum atomic E-state index is -3.58. The molecule has 3 aromatic rings. The van der Waals surface area contributed by atoms with Gasteiger partial charge in [-0.3, -0.25) is 10.1 Å². The minimum Gasteiger partial charge on any atom is -0.403 e. The molecule has 0 aliphatic rings. The quantitative estimate of drug-likeness (QED) is 0.607. The average molecular weight is 403 g/mol. The van der Waals surface area contributed by atoms with Gasteiger partial charge in [0.15, 0.2) is 9.84 Å². The molecule has 0 atom stereocenters. The molecule has 146 valence electrons. The van der Waals surface area contributed by atoms with Crippen molar-refractivity contribution in [3.8, 4) is 11.5 Å². The Hall–Kier alpha value is -3.07. The fourth-order valence-electron chi connectivity index (χ4n) is 2.45. The number of aryl methyl sites for hydroxylation is 1. The van der Waals surface area contributed by atoms with E-state index in [1.807, 2.05) is 31.2 Å². The molecule has 2 aromatic carbocycles. The van der Waals surface area contributed by atoms with Crippen LogP contribution in [0.1, 0.15) is 18.4 Å². The summed E-state index contributed by atoms with van der Waals surface area (Å²) in [4.78, 5) is 12.0. The lowest BCUT2D eigenvalue weighted by atomic mass is 10.1. The second kappa shape index (κ2) is 8.30. The Morgan fingerprint density at radius 3 is 2.43 bits per heavy atom. The molecular formula is C19H18FN3O4S. The van der Waals surface area contributed by atoms with E-state index in [4.69, 9.17) is 4.42 Å². The van der Waals surface area contributed by atoms with Crippen LogP contribution in [0.4, 0.5) is 10.4 Å². The molecule has 0 saturated heterocycles. The molecule has 7 nitrogen and oxygen atoms in total. The molecule has 1 aromatic heterocycles. The summed E-state index contributed by atoms with van der Waals surface area (Å²) in [5.74, 6) is -0.907. The maximum Gasteiger partial charge on any atom is 0.322 e. The van der Waals surface area contributed by atoms with Gasteiger partial charge in [0.05, 0.1) is 10.6 Å². The molecule has 9 heteroatoms. The lowest BCUT2D eigenvalue weighted by molar-refractivity contribution is -0.116. The predicted octanol–water partition coefficient (Wildman–Crippen LogP) is 3.38. The van der Waals surface area contributed by atoms with Crippen molar-refractivity contribution < 1.29 is 22.0 Å². The summed E-state index contributed by atoms with van der Waals surface area (Å²) in [6.07, 6.45) is 0.0627. The highest BCUT2D eigenvalue weighted by Gasteiger charge is 2.16.